The van der Waals surface area contributed by atoms with Crippen LogP contribution in [0.25, 0.3) is 11.1 Å². The zero-order valence-electron chi connectivity index (χ0n) is 20.4. The minimum absolute atomic E-state index is 0.0216. The second-order valence-electron chi connectivity index (χ2n) is 9.38. The van der Waals surface area contributed by atoms with Crippen molar-refractivity contribution in [2.24, 2.45) is 5.92 Å². The highest BCUT2D eigenvalue weighted by atomic mass is 32.2. The molecule has 3 heterocycles. The lowest BCUT2D eigenvalue weighted by molar-refractivity contribution is -0.120. The fourth-order valence-electron chi connectivity index (χ4n) is 4.99. The quantitative estimate of drug-likeness (QED) is 0.538. The van der Waals surface area contributed by atoms with E-state index in [1.807, 2.05) is 13.0 Å². The molecule has 0 bridgehead atoms. The molecular formula is C26H28N4O6S. The van der Waals surface area contributed by atoms with Crippen LogP contribution in [0.2, 0.25) is 0 Å². The van der Waals surface area contributed by atoms with Gasteiger partial charge in [-0.3, -0.25) is 9.69 Å². The number of carbonyl (C=O) groups excluding carboxylic acids is 1. The minimum Gasteiger partial charge on any atom is -0.465 e. The number of aromatic nitrogens is 2. The van der Waals surface area contributed by atoms with Crippen molar-refractivity contribution >= 4 is 33.4 Å². The smallest absolute Gasteiger partial charge is 0.411 e. The molecule has 11 heteroatoms. The van der Waals surface area contributed by atoms with Crippen LogP contribution >= 0.6 is 0 Å². The van der Waals surface area contributed by atoms with Crippen LogP contribution in [0.4, 0.5) is 16.2 Å². The maximum atomic E-state index is 13.4. The second-order valence-corrected chi connectivity index (χ2v) is 11.2. The van der Waals surface area contributed by atoms with Crippen molar-refractivity contribution in [2.45, 2.75) is 37.1 Å². The summed E-state index contributed by atoms with van der Waals surface area (Å²) in [6.45, 7) is 3.32. The molecule has 3 aromatic rings. The van der Waals surface area contributed by atoms with Crippen LogP contribution in [0.15, 0.2) is 65.8 Å². The van der Waals surface area contributed by atoms with Gasteiger partial charge in [-0.15, -0.1) is 0 Å². The van der Waals surface area contributed by atoms with Gasteiger partial charge in [-0.1, -0.05) is 18.2 Å². The molecule has 1 fully saturated rings. The molecule has 1 saturated heterocycles. The maximum absolute atomic E-state index is 13.4. The Morgan fingerprint density at radius 2 is 1.76 bits per heavy atom. The fraction of sp³-hybridized carbons (Fsp3) is 0.346. The molecule has 2 aliphatic heterocycles. The van der Waals surface area contributed by atoms with Gasteiger partial charge in [0.2, 0.25) is 5.91 Å². The highest BCUT2D eigenvalue weighted by Crippen LogP contribution is 2.40. The molecule has 0 saturated carbocycles. The number of hydrogen-bond donors (Lipinski definition) is 1. The van der Waals surface area contributed by atoms with Gasteiger partial charge in [-0.2, -0.15) is 17.6 Å². The number of nitrogens with zero attached hydrogens (tertiary/aromatic N) is 4. The summed E-state index contributed by atoms with van der Waals surface area (Å²) in [5.41, 5.74) is 2.40. The molecule has 5 rings (SSSR count). The van der Waals surface area contributed by atoms with E-state index in [4.69, 9.17) is 4.74 Å². The lowest BCUT2D eigenvalue weighted by Crippen LogP contribution is -2.52. The molecule has 2 aromatic carbocycles. The van der Waals surface area contributed by atoms with E-state index in [0.717, 1.165) is 16.9 Å². The predicted octanol–water partition coefficient (Wildman–Crippen LogP) is 3.82. The first-order valence-electron chi connectivity index (χ1n) is 12.2. The third-order valence-electron chi connectivity index (χ3n) is 6.93. The first-order chi connectivity index (χ1) is 17.8. The average molecular weight is 525 g/mol. The van der Waals surface area contributed by atoms with Crippen LogP contribution in [-0.4, -0.2) is 60.5 Å². The number of hydrogen-bond acceptors (Lipinski definition) is 6. The largest absolute Gasteiger partial charge is 0.465 e. The average Bonchev–Trinajstić information content (AvgIpc) is 3.45. The Labute approximate surface area is 215 Å². The van der Waals surface area contributed by atoms with E-state index in [1.54, 1.807) is 29.2 Å². The zero-order chi connectivity index (χ0) is 26.2. The standard InChI is InChI=1S/C26H28N4O6S/c1-18-17-28(26(32)33)24-16-21(5-8-23(24)30(18)25(31)15-19-9-13-36-14-10-19)20-3-6-22(7-4-20)37(34,35)29-12-2-11-27-29/h2-8,11-12,16,18-19H,9-10,13-15,17H2,1H3,(H,32,33)/t18-/m0/s1. The van der Waals surface area contributed by atoms with Crippen LogP contribution < -0.4 is 9.80 Å². The van der Waals surface area contributed by atoms with E-state index in [2.05, 4.69) is 5.10 Å². The number of fused-ring (bicyclic) bond motifs is 1. The Kier molecular flexibility index (Phi) is 6.74. The normalized spacial score (nSPS) is 18.5. The third kappa shape index (κ3) is 4.84. The molecular weight excluding hydrogens is 496 g/mol. The summed E-state index contributed by atoms with van der Waals surface area (Å²) >= 11 is 0. The SMILES string of the molecule is C[C@H]1CN(C(=O)O)c2cc(-c3ccc(S(=O)(=O)n4cccn4)cc3)ccc2N1C(=O)CC1CCOCC1. The number of carboxylic acid groups (broad SMARTS) is 1. The fourth-order valence-corrected chi connectivity index (χ4v) is 6.09. The van der Waals surface area contributed by atoms with Crippen LogP contribution in [0.1, 0.15) is 26.2 Å². The molecule has 1 aromatic heterocycles. The van der Waals surface area contributed by atoms with Crippen LogP contribution in [0, 0.1) is 5.92 Å². The van der Waals surface area contributed by atoms with Gasteiger partial charge >= 0.3 is 6.09 Å². The highest BCUT2D eigenvalue weighted by Gasteiger charge is 2.36. The maximum Gasteiger partial charge on any atom is 0.411 e. The Morgan fingerprint density at radius 1 is 1.05 bits per heavy atom. The molecule has 10 nitrogen and oxygen atoms in total. The number of anilines is 2. The van der Waals surface area contributed by atoms with Gasteiger partial charge in [0.15, 0.2) is 0 Å². The molecule has 2 amide bonds. The van der Waals surface area contributed by atoms with E-state index < -0.39 is 16.1 Å². The van der Waals surface area contributed by atoms with Gasteiger partial charge in [-0.25, -0.2) is 4.79 Å². The zero-order valence-corrected chi connectivity index (χ0v) is 21.2. The van der Waals surface area contributed by atoms with Crippen LogP contribution in [-0.2, 0) is 19.6 Å². The van der Waals surface area contributed by atoms with Gasteiger partial charge in [0.05, 0.1) is 28.5 Å². The molecule has 2 aliphatic rings. The van der Waals surface area contributed by atoms with Crippen molar-refractivity contribution in [3.05, 3.63) is 60.9 Å². The summed E-state index contributed by atoms with van der Waals surface area (Å²) < 4.78 is 31.7. The Morgan fingerprint density at radius 3 is 2.41 bits per heavy atom. The van der Waals surface area contributed by atoms with E-state index in [0.29, 0.717) is 42.1 Å². The van der Waals surface area contributed by atoms with Gasteiger partial charge in [0.1, 0.15) is 0 Å². The summed E-state index contributed by atoms with van der Waals surface area (Å²) in [4.78, 5) is 28.5. The Bertz CT molecular complexity index is 1400. The number of rotatable bonds is 5. The van der Waals surface area contributed by atoms with Crippen molar-refractivity contribution in [1.82, 2.24) is 9.19 Å². The van der Waals surface area contributed by atoms with Gasteiger partial charge in [0, 0.05) is 32.4 Å². The van der Waals surface area contributed by atoms with Gasteiger partial charge < -0.3 is 14.7 Å². The summed E-state index contributed by atoms with van der Waals surface area (Å²) in [5, 5.41) is 13.7. The lowest BCUT2D eigenvalue weighted by atomic mass is 9.94. The third-order valence-corrected chi connectivity index (χ3v) is 8.51. The van der Waals surface area contributed by atoms with E-state index >= 15 is 0 Å². The van der Waals surface area contributed by atoms with Crippen LogP contribution in [0.5, 0.6) is 0 Å². The van der Waals surface area contributed by atoms with Crippen molar-refractivity contribution in [1.29, 1.82) is 0 Å². The van der Waals surface area contributed by atoms with Crippen LogP contribution in [0.3, 0.4) is 0 Å². The molecule has 37 heavy (non-hydrogen) atoms. The van der Waals surface area contributed by atoms with Gasteiger partial charge in [-0.05, 0) is 67.1 Å². The Balaban J connectivity index is 1.46. The van der Waals surface area contributed by atoms with Crippen molar-refractivity contribution in [3.8, 4) is 11.1 Å². The molecule has 0 unspecified atom stereocenters. The summed E-state index contributed by atoms with van der Waals surface area (Å²) in [6.07, 6.45) is 3.74. The van der Waals surface area contributed by atoms with Crippen molar-refractivity contribution < 1.29 is 27.9 Å². The number of ether oxygens (including phenoxy) is 1. The Hall–Kier alpha value is -3.70. The molecule has 0 radical (unpaired) electrons. The monoisotopic (exact) mass is 524 g/mol. The molecule has 0 aliphatic carbocycles. The van der Waals surface area contributed by atoms with E-state index in [-0.39, 0.29) is 29.3 Å². The highest BCUT2D eigenvalue weighted by molar-refractivity contribution is 7.89. The molecule has 194 valence electrons. The predicted molar refractivity (Wildman–Crippen MR) is 137 cm³/mol. The van der Waals surface area contributed by atoms with Crippen molar-refractivity contribution in [2.75, 3.05) is 29.6 Å². The summed E-state index contributed by atoms with van der Waals surface area (Å²) in [6, 6.07) is 12.9. The molecule has 1 N–H and O–H groups in total. The number of benzene rings is 2. The topological polar surface area (TPSA) is 122 Å². The number of carbonyl (C=O) groups is 2. The summed E-state index contributed by atoms with van der Waals surface area (Å²) in [5.74, 6) is 0.233. The first-order valence-corrected chi connectivity index (χ1v) is 13.6. The first kappa shape index (κ1) is 25.0. The second kappa shape index (κ2) is 9.98. The number of amides is 2. The minimum atomic E-state index is -3.80. The molecule has 0 spiro atoms. The van der Waals surface area contributed by atoms with E-state index in [1.165, 1.54) is 35.5 Å². The molecule has 1 atom stereocenters. The lowest BCUT2D eigenvalue weighted by Gasteiger charge is -2.41. The van der Waals surface area contributed by atoms with Gasteiger partial charge in [0.25, 0.3) is 10.0 Å². The summed E-state index contributed by atoms with van der Waals surface area (Å²) in [7, 11) is -3.80. The van der Waals surface area contributed by atoms with Crippen molar-refractivity contribution in [3.63, 3.8) is 0 Å². The van der Waals surface area contributed by atoms with E-state index in [9.17, 15) is 23.1 Å².